The molecule has 1 heterocycles. The number of hydrogen-bond donors (Lipinski definition) is 3. The summed E-state index contributed by atoms with van der Waals surface area (Å²) in [6, 6.07) is 2.12. The summed E-state index contributed by atoms with van der Waals surface area (Å²) in [4.78, 5) is 25.7. The van der Waals surface area contributed by atoms with Gasteiger partial charge in [0, 0.05) is 25.3 Å². The Morgan fingerprint density at radius 1 is 1.24 bits per heavy atom. The minimum atomic E-state index is -0.235. The number of hydrogen-bond acceptors (Lipinski definition) is 3. The van der Waals surface area contributed by atoms with E-state index in [0.717, 1.165) is 6.54 Å². The van der Waals surface area contributed by atoms with Crippen molar-refractivity contribution in [1.29, 1.82) is 0 Å². The Kier molecular flexibility index (Phi) is 6.45. The van der Waals surface area contributed by atoms with E-state index >= 15 is 0 Å². The molecule has 0 radical (unpaired) electrons. The molecule has 0 unspecified atom stereocenters. The summed E-state index contributed by atoms with van der Waals surface area (Å²) in [6.45, 7) is 1.37. The molecule has 0 saturated heterocycles. The largest absolute Gasteiger partial charge is 0.351 e. The second kappa shape index (κ2) is 8.34. The number of amides is 1. The molecule has 0 atom stereocenters. The molecule has 1 aliphatic rings. The van der Waals surface area contributed by atoms with Gasteiger partial charge < -0.3 is 15.6 Å². The number of pyridine rings is 1. The first-order chi connectivity index (χ1) is 10.2. The van der Waals surface area contributed by atoms with Gasteiger partial charge in [-0.05, 0) is 34.8 Å². The van der Waals surface area contributed by atoms with Gasteiger partial charge in [0.25, 0.3) is 11.5 Å². The van der Waals surface area contributed by atoms with Crippen LogP contribution in [0.5, 0.6) is 0 Å². The third-order valence-electron chi connectivity index (χ3n) is 3.82. The Hall–Kier alpha value is -1.14. The van der Waals surface area contributed by atoms with Crippen LogP contribution in [0.4, 0.5) is 0 Å². The van der Waals surface area contributed by atoms with Gasteiger partial charge in [0.1, 0.15) is 0 Å². The molecule has 1 fully saturated rings. The molecule has 1 aromatic rings. The molecule has 0 aliphatic heterocycles. The van der Waals surface area contributed by atoms with Crippen LogP contribution in [0.2, 0.25) is 0 Å². The summed E-state index contributed by atoms with van der Waals surface area (Å²) in [5, 5.41) is 6.36. The van der Waals surface area contributed by atoms with E-state index in [9.17, 15) is 9.59 Å². The fourth-order valence-corrected chi connectivity index (χ4v) is 2.99. The molecule has 6 heteroatoms. The van der Waals surface area contributed by atoms with Crippen LogP contribution in [0.1, 0.15) is 48.9 Å². The summed E-state index contributed by atoms with van der Waals surface area (Å²) in [6.07, 6.45) is 9.19. The van der Waals surface area contributed by atoms with Crippen LogP contribution in [0.25, 0.3) is 0 Å². The molecule has 21 heavy (non-hydrogen) atoms. The minimum absolute atomic E-state index is 0.172. The van der Waals surface area contributed by atoms with Crippen molar-refractivity contribution in [2.45, 2.75) is 44.6 Å². The van der Waals surface area contributed by atoms with Crippen molar-refractivity contribution in [3.8, 4) is 0 Å². The number of aromatic amines is 1. The lowest BCUT2D eigenvalue weighted by Gasteiger charge is -2.16. The molecule has 0 spiro atoms. The maximum Gasteiger partial charge on any atom is 0.262 e. The monoisotopic (exact) mass is 355 g/mol. The molecule has 1 aliphatic carbocycles. The fourth-order valence-electron chi connectivity index (χ4n) is 2.62. The molecule has 116 valence electrons. The number of rotatable bonds is 5. The van der Waals surface area contributed by atoms with Crippen molar-refractivity contribution >= 4 is 21.8 Å². The smallest absolute Gasteiger partial charge is 0.262 e. The van der Waals surface area contributed by atoms with Crippen LogP contribution < -0.4 is 16.2 Å². The second-order valence-electron chi connectivity index (χ2n) is 5.46. The molecule has 5 nitrogen and oxygen atoms in total. The zero-order chi connectivity index (χ0) is 15.1. The molecule has 0 bridgehead atoms. The van der Waals surface area contributed by atoms with Crippen molar-refractivity contribution in [3.05, 3.63) is 32.7 Å². The Morgan fingerprint density at radius 3 is 2.62 bits per heavy atom. The van der Waals surface area contributed by atoms with Crippen molar-refractivity contribution < 1.29 is 4.79 Å². The van der Waals surface area contributed by atoms with Gasteiger partial charge in [0.2, 0.25) is 0 Å². The van der Waals surface area contributed by atoms with Gasteiger partial charge in [0.15, 0.2) is 0 Å². The Bertz CT molecular complexity index is 522. The highest BCUT2D eigenvalue weighted by Gasteiger charge is 2.11. The lowest BCUT2D eigenvalue weighted by Crippen LogP contribution is -2.37. The van der Waals surface area contributed by atoms with Crippen LogP contribution in [-0.4, -0.2) is 30.0 Å². The van der Waals surface area contributed by atoms with Crippen molar-refractivity contribution in [2.75, 3.05) is 13.1 Å². The first kappa shape index (κ1) is 16.2. The average molecular weight is 356 g/mol. The van der Waals surface area contributed by atoms with E-state index in [1.807, 2.05) is 0 Å². The molecule has 0 aromatic carbocycles. The van der Waals surface area contributed by atoms with Gasteiger partial charge in [-0.3, -0.25) is 9.59 Å². The van der Waals surface area contributed by atoms with E-state index < -0.39 is 0 Å². The van der Waals surface area contributed by atoms with E-state index in [4.69, 9.17) is 0 Å². The van der Waals surface area contributed by atoms with Crippen LogP contribution in [-0.2, 0) is 0 Å². The van der Waals surface area contributed by atoms with Crippen LogP contribution in [0.3, 0.4) is 0 Å². The number of carbonyl (C=O) groups is 1. The second-order valence-corrected chi connectivity index (χ2v) is 6.32. The van der Waals surface area contributed by atoms with Crippen molar-refractivity contribution in [2.24, 2.45) is 0 Å². The van der Waals surface area contributed by atoms with E-state index in [1.54, 1.807) is 0 Å². The molecular weight excluding hydrogens is 334 g/mol. The van der Waals surface area contributed by atoms with Crippen molar-refractivity contribution in [1.82, 2.24) is 15.6 Å². The third kappa shape index (κ3) is 5.28. The molecule has 1 aromatic heterocycles. The first-order valence-electron chi connectivity index (χ1n) is 7.56. The van der Waals surface area contributed by atoms with Gasteiger partial charge >= 0.3 is 0 Å². The number of halogens is 1. The lowest BCUT2D eigenvalue weighted by molar-refractivity contribution is 0.0953. The summed E-state index contributed by atoms with van der Waals surface area (Å²) in [7, 11) is 0. The quantitative estimate of drug-likeness (QED) is 0.559. The topological polar surface area (TPSA) is 74.0 Å². The molecule has 1 saturated carbocycles. The van der Waals surface area contributed by atoms with E-state index in [2.05, 4.69) is 31.5 Å². The summed E-state index contributed by atoms with van der Waals surface area (Å²) in [5.41, 5.74) is 0.220. The maximum atomic E-state index is 11.9. The van der Waals surface area contributed by atoms with Gasteiger partial charge in [-0.15, -0.1) is 0 Å². The summed E-state index contributed by atoms with van der Waals surface area (Å²) >= 11 is 3.12. The first-order valence-corrected chi connectivity index (χ1v) is 8.36. The Morgan fingerprint density at radius 2 is 1.95 bits per heavy atom. The normalized spacial score (nSPS) is 16.4. The van der Waals surface area contributed by atoms with Gasteiger partial charge in [-0.2, -0.15) is 0 Å². The fraction of sp³-hybridized carbons (Fsp3) is 0.600. The lowest BCUT2D eigenvalue weighted by atomic mass is 10.1. The Balaban J connectivity index is 1.71. The highest BCUT2D eigenvalue weighted by Crippen LogP contribution is 2.16. The maximum absolute atomic E-state index is 11.9. The van der Waals surface area contributed by atoms with Crippen LogP contribution in [0.15, 0.2) is 21.5 Å². The van der Waals surface area contributed by atoms with E-state index in [1.165, 1.54) is 50.8 Å². The molecule has 2 rings (SSSR count). The van der Waals surface area contributed by atoms with Gasteiger partial charge in [0.05, 0.1) is 10.0 Å². The predicted molar refractivity (Wildman–Crippen MR) is 86.6 cm³/mol. The molecule has 3 N–H and O–H groups in total. The third-order valence-corrected chi connectivity index (χ3v) is 4.41. The van der Waals surface area contributed by atoms with E-state index in [-0.39, 0.29) is 11.5 Å². The van der Waals surface area contributed by atoms with Crippen molar-refractivity contribution in [3.63, 3.8) is 0 Å². The summed E-state index contributed by atoms with van der Waals surface area (Å²) < 4.78 is 0.367. The standard InChI is InChI=1S/C15H22BrN3O2/c16-13-9-11(10-19-15(13)21)14(20)18-8-7-17-12-5-3-1-2-4-6-12/h9-10,12,17H,1-8H2,(H,18,20)(H,19,21). The highest BCUT2D eigenvalue weighted by atomic mass is 79.9. The zero-order valence-corrected chi connectivity index (χ0v) is 13.7. The predicted octanol–water partition coefficient (Wildman–Crippen LogP) is 2.18. The number of H-pyrrole nitrogens is 1. The SMILES string of the molecule is O=C(NCCNC1CCCCCC1)c1c[nH]c(=O)c(Br)c1. The number of carbonyl (C=O) groups excluding carboxylic acids is 1. The highest BCUT2D eigenvalue weighted by molar-refractivity contribution is 9.10. The number of nitrogens with one attached hydrogen (secondary N) is 3. The zero-order valence-electron chi connectivity index (χ0n) is 12.1. The minimum Gasteiger partial charge on any atom is -0.351 e. The van der Waals surface area contributed by atoms with E-state index in [0.29, 0.717) is 22.6 Å². The van der Waals surface area contributed by atoms with Gasteiger partial charge in [-0.25, -0.2) is 0 Å². The Labute approximate surface area is 133 Å². The van der Waals surface area contributed by atoms with Crippen LogP contribution in [0, 0.1) is 0 Å². The average Bonchev–Trinajstić information content (AvgIpc) is 2.75. The molecule has 1 amide bonds. The number of aromatic nitrogens is 1. The van der Waals surface area contributed by atoms with Crippen LogP contribution >= 0.6 is 15.9 Å². The summed E-state index contributed by atoms with van der Waals surface area (Å²) in [5.74, 6) is -0.172. The van der Waals surface area contributed by atoms with Gasteiger partial charge in [-0.1, -0.05) is 25.7 Å². The molecular formula is C15H22BrN3O2.